The monoisotopic (exact) mass is 366 g/mol. The second-order valence-corrected chi connectivity index (χ2v) is 7.91. The summed E-state index contributed by atoms with van der Waals surface area (Å²) < 4.78 is 27.6. The van der Waals surface area contributed by atoms with E-state index in [1.54, 1.807) is 36.1 Å². The molecule has 126 valence electrons. The minimum atomic E-state index is -3.31. The second-order valence-electron chi connectivity index (χ2n) is 5.29. The number of aryl methyl sites for hydroxylation is 2. The number of sulfone groups is 1. The predicted octanol–water partition coefficient (Wildman–Crippen LogP) is 1.21. The third-order valence-corrected chi connectivity index (χ3v) is 5.26. The van der Waals surface area contributed by atoms with Crippen LogP contribution in [0.15, 0.2) is 36.5 Å². The fourth-order valence-corrected chi connectivity index (χ4v) is 3.55. The summed E-state index contributed by atoms with van der Waals surface area (Å²) in [5.74, 6) is 0.374. The summed E-state index contributed by atoms with van der Waals surface area (Å²) >= 11 is 5.85. The van der Waals surface area contributed by atoms with Crippen molar-refractivity contribution in [1.82, 2.24) is 30.0 Å². The molecule has 0 amide bonds. The molecular weight excluding hydrogens is 352 g/mol. The Bertz CT molecular complexity index is 932. The summed E-state index contributed by atoms with van der Waals surface area (Å²) in [7, 11) is -1.63. The number of hydrogen-bond donors (Lipinski definition) is 0. The van der Waals surface area contributed by atoms with Crippen molar-refractivity contribution in [2.45, 2.75) is 12.2 Å². The average Bonchev–Trinajstić information content (AvgIpc) is 3.15. The SMILES string of the molecule is Cn1nnnc1CCS(=O)(=O)Cc1ccn(-c2ccc(Cl)cc2)n1. The molecule has 0 unspecified atom stereocenters. The molecule has 10 heteroatoms. The highest BCUT2D eigenvalue weighted by Gasteiger charge is 2.16. The van der Waals surface area contributed by atoms with Crippen LogP contribution in [0.3, 0.4) is 0 Å². The van der Waals surface area contributed by atoms with Gasteiger partial charge in [0.2, 0.25) is 0 Å². The molecule has 0 saturated carbocycles. The Morgan fingerprint density at radius 3 is 2.58 bits per heavy atom. The zero-order chi connectivity index (χ0) is 17.2. The predicted molar refractivity (Wildman–Crippen MR) is 88.6 cm³/mol. The largest absolute Gasteiger partial charge is 0.241 e. The first kappa shape index (κ1) is 16.6. The lowest BCUT2D eigenvalue weighted by Crippen LogP contribution is -2.14. The van der Waals surface area contributed by atoms with Gasteiger partial charge in [-0.15, -0.1) is 5.10 Å². The van der Waals surface area contributed by atoms with Crippen LogP contribution in [0.4, 0.5) is 0 Å². The molecular formula is C14H15ClN6O2S. The van der Waals surface area contributed by atoms with Gasteiger partial charge in [-0.2, -0.15) is 5.10 Å². The molecule has 1 aromatic carbocycles. The molecule has 0 bridgehead atoms. The van der Waals surface area contributed by atoms with Crippen molar-refractivity contribution in [2.75, 3.05) is 5.75 Å². The summed E-state index contributed by atoms with van der Waals surface area (Å²) in [6.07, 6.45) is 1.99. The van der Waals surface area contributed by atoms with Gasteiger partial charge in [0.05, 0.1) is 22.9 Å². The third kappa shape index (κ3) is 3.98. The lowest BCUT2D eigenvalue weighted by molar-refractivity contribution is 0.591. The van der Waals surface area contributed by atoms with Crippen LogP contribution in [0.5, 0.6) is 0 Å². The Hall–Kier alpha value is -2.26. The third-order valence-electron chi connectivity index (χ3n) is 3.45. The fraction of sp³-hybridized carbons (Fsp3) is 0.286. The number of halogens is 1. The number of aromatic nitrogens is 6. The van der Waals surface area contributed by atoms with Gasteiger partial charge in [-0.3, -0.25) is 0 Å². The van der Waals surface area contributed by atoms with Crippen LogP contribution in [0.25, 0.3) is 5.69 Å². The van der Waals surface area contributed by atoms with Crippen molar-refractivity contribution in [3.63, 3.8) is 0 Å². The van der Waals surface area contributed by atoms with Gasteiger partial charge in [0, 0.05) is 24.7 Å². The van der Waals surface area contributed by atoms with E-state index in [1.807, 2.05) is 12.1 Å². The van der Waals surface area contributed by atoms with E-state index in [4.69, 9.17) is 11.6 Å². The fourth-order valence-electron chi connectivity index (χ4n) is 2.18. The molecule has 0 radical (unpaired) electrons. The summed E-state index contributed by atoms with van der Waals surface area (Å²) in [5, 5.41) is 15.9. The minimum Gasteiger partial charge on any atom is -0.241 e. The number of benzene rings is 1. The highest BCUT2D eigenvalue weighted by atomic mass is 35.5. The van der Waals surface area contributed by atoms with Crippen LogP contribution < -0.4 is 0 Å². The standard InChI is InChI=1S/C14H15ClN6O2S/c1-20-14(16-18-19-20)7-9-24(22,23)10-12-6-8-21(17-12)13-4-2-11(15)3-5-13/h2-6,8H,7,9-10H2,1H3. The van der Waals surface area contributed by atoms with Crippen molar-refractivity contribution < 1.29 is 8.42 Å². The Morgan fingerprint density at radius 2 is 1.92 bits per heavy atom. The molecule has 3 aromatic rings. The molecule has 0 aliphatic carbocycles. The van der Waals surface area contributed by atoms with Gasteiger partial charge in [-0.25, -0.2) is 17.8 Å². The van der Waals surface area contributed by atoms with Crippen molar-refractivity contribution in [3.05, 3.63) is 53.1 Å². The summed E-state index contributed by atoms with van der Waals surface area (Å²) in [5.41, 5.74) is 1.30. The summed E-state index contributed by atoms with van der Waals surface area (Å²) in [6, 6.07) is 8.83. The molecule has 0 spiro atoms. The molecule has 0 saturated heterocycles. The first-order chi connectivity index (χ1) is 11.4. The van der Waals surface area contributed by atoms with Crippen LogP contribution in [-0.4, -0.2) is 44.2 Å². The second kappa shape index (κ2) is 6.70. The molecule has 0 aliphatic rings. The molecule has 8 nitrogen and oxygen atoms in total. The maximum Gasteiger partial charge on any atom is 0.156 e. The Kier molecular flexibility index (Phi) is 4.63. The van der Waals surface area contributed by atoms with Crippen molar-refractivity contribution >= 4 is 21.4 Å². The van der Waals surface area contributed by atoms with Crippen molar-refractivity contribution in [1.29, 1.82) is 0 Å². The van der Waals surface area contributed by atoms with E-state index in [-0.39, 0.29) is 17.9 Å². The summed E-state index contributed by atoms with van der Waals surface area (Å²) in [6.45, 7) is 0. The van der Waals surface area contributed by atoms with Crippen LogP contribution in [0, 0.1) is 0 Å². The van der Waals surface area contributed by atoms with Crippen LogP contribution in [-0.2, 0) is 29.1 Å². The zero-order valence-electron chi connectivity index (χ0n) is 12.9. The molecule has 0 N–H and O–H groups in total. The van der Waals surface area contributed by atoms with Crippen LogP contribution in [0.1, 0.15) is 11.5 Å². The topological polar surface area (TPSA) is 95.6 Å². The van der Waals surface area contributed by atoms with Gasteiger partial charge in [-0.1, -0.05) is 11.6 Å². The van der Waals surface area contributed by atoms with Gasteiger partial charge in [0.15, 0.2) is 15.7 Å². The number of nitrogens with zero attached hydrogens (tertiary/aromatic N) is 6. The highest BCUT2D eigenvalue weighted by molar-refractivity contribution is 7.90. The quantitative estimate of drug-likeness (QED) is 0.650. The van der Waals surface area contributed by atoms with E-state index >= 15 is 0 Å². The normalized spacial score (nSPS) is 11.8. The minimum absolute atomic E-state index is 0.0327. The van der Waals surface area contributed by atoms with Crippen LogP contribution in [0.2, 0.25) is 5.02 Å². The van der Waals surface area contributed by atoms with Gasteiger partial charge >= 0.3 is 0 Å². The molecule has 24 heavy (non-hydrogen) atoms. The molecule has 0 fully saturated rings. The maximum atomic E-state index is 12.3. The molecule has 2 aromatic heterocycles. The smallest absolute Gasteiger partial charge is 0.156 e. The number of rotatable bonds is 6. The lowest BCUT2D eigenvalue weighted by Gasteiger charge is -2.03. The molecule has 3 rings (SSSR count). The van der Waals surface area contributed by atoms with Gasteiger partial charge in [0.25, 0.3) is 0 Å². The number of hydrogen-bond acceptors (Lipinski definition) is 6. The van der Waals surface area contributed by atoms with Gasteiger partial charge in [-0.05, 0) is 40.8 Å². The Labute approximate surface area is 144 Å². The molecule has 2 heterocycles. The zero-order valence-corrected chi connectivity index (χ0v) is 14.4. The maximum absolute atomic E-state index is 12.3. The molecule has 0 atom stereocenters. The Morgan fingerprint density at radius 1 is 1.17 bits per heavy atom. The summed E-state index contributed by atoms with van der Waals surface area (Å²) in [4.78, 5) is 0. The first-order valence-electron chi connectivity index (χ1n) is 7.15. The lowest BCUT2D eigenvalue weighted by atomic mass is 10.3. The van der Waals surface area contributed by atoms with E-state index in [0.29, 0.717) is 16.5 Å². The van der Waals surface area contributed by atoms with Crippen molar-refractivity contribution in [2.24, 2.45) is 7.05 Å². The van der Waals surface area contributed by atoms with Gasteiger partial charge < -0.3 is 0 Å². The first-order valence-corrected chi connectivity index (χ1v) is 9.35. The average molecular weight is 367 g/mol. The highest BCUT2D eigenvalue weighted by Crippen LogP contribution is 2.14. The Balaban J connectivity index is 1.67. The van der Waals surface area contributed by atoms with Crippen molar-refractivity contribution in [3.8, 4) is 5.69 Å². The van der Waals surface area contributed by atoms with E-state index in [2.05, 4.69) is 20.6 Å². The van der Waals surface area contributed by atoms with E-state index < -0.39 is 9.84 Å². The van der Waals surface area contributed by atoms with E-state index in [0.717, 1.165) is 5.69 Å². The molecule has 0 aliphatic heterocycles. The van der Waals surface area contributed by atoms with E-state index in [1.165, 1.54) is 4.68 Å². The van der Waals surface area contributed by atoms with Gasteiger partial charge in [0.1, 0.15) is 0 Å². The number of tetrazole rings is 1. The van der Waals surface area contributed by atoms with Crippen LogP contribution >= 0.6 is 11.6 Å². The van der Waals surface area contributed by atoms with E-state index in [9.17, 15) is 8.42 Å².